The summed E-state index contributed by atoms with van der Waals surface area (Å²) in [5, 5.41) is 8.13. The van der Waals surface area contributed by atoms with Crippen LogP contribution in [0.3, 0.4) is 0 Å². The zero-order valence-electron chi connectivity index (χ0n) is 15.8. The van der Waals surface area contributed by atoms with Crippen LogP contribution >= 0.6 is 0 Å². The van der Waals surface area contributed by atoms with E-state index in [-0.39, 0.29) is 41.6 Å². The van der Waals surface area contributed by atoms with Gasteiger partial charge in [-0.25, -0.2) is 18.3 Å². The van der Waals surface area contributed by atoms with Gasteiger partial charge in [-0.3, -0.25) is 9.69 Å². The van der Waals surface area contributed by atoms with Gasteiger partial charge in [0.15, 0.2) is 11.2 Å². The number of hydrogen-bond acceptors (Lipinski definition) is 7. The highest BCUT2D eigenvalue weighted by atomic mass is 19.1. The molecule has 1 fully saturated rings. The summed E-state index contributed by atoms with van der Waals surface area (Å²) in [5.41, 5.74) is -0.334. The minimum absolute atomic E-state index is 0.00611. The largest absolute Gasteiger partial charge is 0.464 e. The van der Waals surface area contributed by atoms with E-state index in [1.165, 1.54) is 19.2 Å². The average Bonchev–Trinajstić information content (AvgIpc) is 3.47. The van der Waals surface area contributed by atoms with E-state index >= 15 is 0 Å². The van der Waals surface area contributed by atoms with Gasteiger partial charge in [0.25, 0.3) is 5.56 Å². The Morgan fingerprint density at radius 2 is 2.14 bits per heavy atom. The maximum absolute atomic E-state index is 14.1. The van der Waals surface area contributed by atoms with Crippen LogP contribution < -0.4 is 5.56 Å². The fourth-order valence-electron chi connectivity index (χ4n) is 3.25. The molecule has 0 saturated heterocycles. The summed E-state index contributed by atoms with van der Waals surface area (Å²) in [6.45, 7) is 1.74. The molecule has 3 aromatic rings. The zero-order chi connectivity index (χ0) is 20.7. The second-order valence-corrected chi connectivity index (χ2v) is 6.96. The first-order valence-corrected chi connectivity index (χ1v) is 9.02. The Labute approximate surface area is 163 Å². The Bertz CT molecular complexity index is 1150. The van der Waals surface area contributed by atoms with E-state index < -0.39 is 23.2 Å². The number of halogens is 2. The Kier molecular flexibility index (Phi) is 4.87. The molecule has 0 aliphatic heterocycles. The Morgan fingerprint density at radius 1 is 1.38 bits per heavy atom. The van der Waals surface area contributed by atoms with Crippen molar-refractivity contribution < 1.29 is 22.8 Å². The molecule has 0 N–H and O–H groups in total. The van der Waals surface area contributed by atoms with E-state index in [1.807, 2.05) is 4.90 Å². The van der Waals surface area contributed by atoms with E-state index in [2.05, 4.69) is 10.3 Å². The van der Waals surface area contributed by atoms with Gasteiger partial charge >= 0.3 is 5.97 Å². The molecular weight excluding hydrogens is 386 g/mol. The quantitative estimate of drug-likeness (QED) is 0.583. The molecule has 10 heteroatoms. The molecule has 29 heavy (non-hydrogen) atoms. The highest BCUT2D eigenvalue weighted by molar-refractivity contribution is 6.01. The number of carbonyl (C=O) groups is 1. The SMILES string of the molecule is COC(=O)c1nn(CN(Cc2ccc(F)cc2F)C2CC2)c(=O)c2noc(C)c12. The Hall–Kier alpha value is -3.14. The lowest BCUT2D eigenvalue weighted by Gasteiger charge is -2.23. The van der Waals surface area contributed by atoms with Crippen LogP contribution in [0, 0.1) is 18.6 Å². The normalized spacial score (nSPS) is 14.0. The molecule has 1 aliphatic carbocycles. The number of aromatic nitrogens is 3. The third-order valence-electron chi connectivity index (χ3n) is 4.90. The number of carbonyl (C=O) groups excluding carboxylic acids is 1. The van der Waals surface area contributed by atoms with Crippen molar-refractivity contribution in [1.82, 2.24) is 19.8 Å². The molecule has 1 saturated carbocycles. The van der Waals surface area contributed by atoms with Crippen molar-refractivity contribution >= 4 is 16.9 Å². The molecule has 4 rings (SSSR count). The molecule has 2 heterocycles. The van der Waals surface area contributed by atoms with Crippen LogP contribution in [0.5, 0.6) is 0 Å². The van der Waals surface area contributed by atoms with Gasteiger partial charge in [0.2, 0.25) is 0 Å². The minimum Gasteiger partial charge on any atom is -0.464 e. The summed E-state index contributed by atoms with van der Waals surface area (Å²) in [7, 11) is 1.21. The molecule has 8 nitrogen and oxygen atoms in total. The number of fused-ring (bicyclic) bond motifs is 1. The van der Waals surface area contributed by atoms with Gasteiger partial charge in [-0.15, -0.1) is 0 Å². The molecule has 0 amide bonds. The van der Waals surface area contributed by atoms with Gasteiger partial charge in [-0.1, -0.05) is 11.2 Å². The summed E-state index contributed by atoms with van der Waals surface area (Å²) < 4.78 is 38.2. The number of benzene rings is 1. The number of methoxy groups -OCH3 is 1. The molecule has 1 aliphatic rings. The van der Waals surface area contributed by atoms with E-state index in [0.717, 1.165) is 23.6 Å². The smallest absolute Gasteiger partial charge is 0.359 e. The van der Waals surface area contributed by atoms with Crippen LogP contribution in [0.4, 0.5) is 8.78 Å². The molecule has 0 spiro atoms. The van der Waals surface area contributed by atoms with Gasteiger partial charge in [0.05, 0.1) is 19.2 Å². The number of hydrogen-bond donors (Lipinski definition) is 0. The fraction of sp³-hybridized carbons (Fsp3) is 0.368. The molecule has 0 atom stereocenters. The van der Waals surface area contributed by atoms with Crippen molar-refractivity contribution in [3.05, 3.63) is 57.2 Å². The van der Waals surface area contributed by atoms with Gasteiger partial charge < -0.3 is 9.26 Å². The van der Waals surface area contributed by atoms with Crippen molar-refractivity contribution in [3.63, 3.8) is 0 Å². The Balaban J connectivity index is 1.72. The van der Waals surface area contributed by atoms with E-state index in [1.54, 1.807) is 6.92 Å². The van der Waals surface area contributed by atoms with Gasteiger partial charge in [-0.2, -0.15) is 5.10 Å². The summed E-state index contributed by atoms with van der Waals surface area (Å²) in [6.07, 6.45) is 1.76. The van der Waals surface area contributed by atoms with Crippen LogP contribution in [-0.2, 0) is 18.0 Å². The number of aryl methyl sites for hydroxylation is 1. The molecule has 0 radical (unpaired) electrons. The molecule has 0 bridgehead atoms. The lowest BCUT2D eigenvalue weighted by molar-refractivity contribution is 0.0591. The van der Waals surface area contributed by atoms with Crippen molar-refractivity contribution in [2.24, 2.45) is 0 Å². The number of esters is 1. The first-order chi connectivity index (χ1) is 13.9. The van der Waals surface area contributed by atoms with Crippen LogP contribution in [0.1, 0.15) is 34.7 Å². The summed E-state index contributed by atoms with van der Waals surface area (Å²) in [5.74, 6) is -1.76. The highest BCUT2D eigenvalue weighted by Gasteiger charge is 2.31. The first-order valence-electron chi connectivity index (χ1n) is 9.02. The molecule has 0 unspecified atom stereocenters. The first kappa shape index (κ1) is 19.2. The van der Waals surface area contributed by atoms with Crippen LogP contribution in [0.25, 0.3) is 10.9 Å². The fourth-order valence-corrected chi connectivity index (χ4v) is 3.25. The summed E-state index contributed by atoms with van der Waals surface area (Å²) in [4.78, 5) is 26.8. The minimum atomic E-state index is -0.724. The lowest BCUT2D eigenvalue weighted by atomic mass is 10.2. The molecule has 1 aromatic carbocycles. The lowest BCUT2D eigenvalue weighted by Crippen LogP contribution is -2.36. The maximum Gasteiger partial charge on any atom is 0.359 e. The summed E-state index contributed by atoms with van der Waals surface area (Å²) in [6, 6.07) is 3.52. The average molecular weight is 404 g/mol. The molecule has 2 aromatic heterocycles. The van der Waals surface area contributed by atoms with Crippen molar-refractivity contribution in [2.45, 2.75) is 39.0 Å². The number of rotatable bonds is 6. The van der Waals surface area contributed by atoms with Gasteiger partial charge in [0.1, 0.15) is 17.4 Å². The number of nitrogens with zero attached hydrogens (tertiary/aromatic N) is 4. The van der Waals surface area contributed by atoms with Gasteiger partial charge in [-0.05, 0) is 25.8 Å². The predicted octanol–water partition coefficient (Wildman–Crippen LogP) is 2.38. The van der Waals surface area contributed by atoms with Crippen molar-refractivity contribution in [3.8, 4) is 0 Å². The van der Waals surface area contributed by atoms with Crippen LogP contribution in [-0.4, -0.2) is 39.0 Å². The van der Waals surface area contributed by atoms with Crippen LogP contribution in [0.15, 0.2) is 27.5 Å². The molecule has 152 valence electrons. The second-order valence-electron chi connectivity index (χ2n) is 6.96. The van der Waals surface area contributed by atoms with Crippen molar-refractivity contribution in [2.75, 3.05) is 7.11 Å². The monoisotopic (exact) mass is 404 g/mol. The summed E-state index contributed by atoms with van der Waals surface area (Å²) >= 11 is 0. The van der Waals surface area contributed by atoms with E-state index in [0.29, 0.717) is 5.56 Å². The number of ether oxygens (including phenoxy) is 1. The zero-order valence-corrected chi connectivity index (χ0v) is 15.8. The third kappa shape index (κ3) is 3.63. The second kappa shape index (κ2) is 7.36. The van der Waals surface area contributed by atoms with Crippen LogP contribution in [0.2, 0.25) is 0 Å². The standard InChI is InChI=1S/C19H18F2N4O4/c1-10-15-16(23-29-10)18(26)25(22-17(15)19(27)28-2)9-24(13-5-6-13)8-11-3-4-12(20)7-14(11)21/h3-4,7,13H,5-6,8-9H2,1-2H3. The van der Waals surface area contributed by atoms with E-state index in [9.17, 15) is 18.4 Å². The third-order valence-corrected chi connectivity index (χ3v) is 4.90. The molecular formula is C19H18F2N4O4. The van der Waals surface area contributed by atoms with Crippen molar-refractivity contribution in [1.29, 1.82) is 0 Å². The highest BCUT2D eigenvalue weighted by Crippen LogP contribution is 2.29. The van der Waals surface area contributed by atoms with E-state index in [4.69, 9.17) is 9.26 Å². The van der Waals surface area contributed by atoms with Gasteiger partial charge in [0, 0.05) is 24.2 Å². The topological polar surface area (TPSA) is 90.5 Å². The predicted molar refractivity (Wildman–Crippen MR) is 97.1 cm³/mol. The maximum atomic E-state index is 14.1. The Morgan fingerprint density at radius 3 is 2.79 bits per heavy atom.